The number of benzene rings is 3. The third-order valence-electron chi connectivity index (χ3n) is 7.60. The number of hydrogen-bond donors (Lipinski definition) is 1. The van der Waals surface area contributed by atoms with E-state index in [9.17, 15) is 17.2 Å². The fourth-order valence-electron chi connectivity index (χ4n) is 5.15. The minimum Gasteiger partial charge on any atom is -0.364 e. The van der Waals surface area contributed by atoms with E-state index < -0.39 is 9.84 Å². The van der Waals surface area contributed by atoms with Gasteiger partial charge in [-0.05, 0) is 66.9 Å². The summed E-state index contributed by atoms with van der Waals surface area (Å²) in [6.45, 7) is 4.20. The predicted octanol–water partition coefficient (Wildman–Crippen LogP) is 5.97. The molecule has 4 aromatic heterocycles. The van der Waals surface area contributed by atoms with E-state index in [2.05, 4.69) is 47.4 Å². The Morgan fingerprint density at radius 2 is 1.23 bits per heavy atom. The molecule has 48 heavy (non-hydrogen) atoms. The van der Waals surface area contributed by atoms with Gasteiger partial charge in [0.15, 0.2) is 43.6 Å². The minimum absolute atomic E-state index is 0.128. The highest BCUT2D eigenvalue weighted by Gasteiger charge is 2.21. The van der Waals surface area contributed by atoms with Gasteiger partial charge in [0.05, 0.1) is 12.7 Å². The normalized spacial score (nSPS) is 11.5. The Morgan fingerprint density at radius 3 is 1.77 bits per heavy atom. The van der Waals surface area contributed by atoms with Crippen LogP contribution >= 0.6 is 0 Å². The zero-order chi connectivity index (χ0) is 34.2. The first-order valence-electron chi connectivity index (χ1n) is 14.8. The lowest BCUT2D eigenvalue weighted by Crippen LogP contribution is -2.06. The van der Waals surface area contributed by atoms with Crippen molar-refractivity contribution in [1.82, 2.24) is 39.0 Å². The molecule has 0 unspecified atom stereocenters. The lowest BCUT2D eigenvalue weighted by atomic mass is 10.1. The van der Waals surface area contributed by atoms with Gasteiger partial charge in [-0.15, -0.1) is 0 Å². The van der Waals surface area contributed by atoms with E-state index in [0.29, 0.717) is 40.5 Å². The number of fused-ring (bicyclic) bond motifs is 2. The molecule has 0 bridgehead atoms. The highest BCUT2D eigenvalue weighted by Crippen LogP contribution is 2.28. The van der Waals surface area contributed by atoms with Crippen LogP contribution in [0.1, 0.15) is 16.7 Å². The molecule has 0 saturated carbocycles. The summed E-state index contributed by atoms with van der Waals surface area (Å²) in [6, 6.07) is 18.9. The van der Waals surface area contributed by atoms with Gasteiger partial charge in [-0.1, -0.05) is 30.3 Å². The van der Waals surface area contributed by atoms with E-state index in [0.717, 1.165) is 28.6 Å². The lowest BCUT2D eigenvalue weighted by molar-refractivity contribution is 0.599. The Hall–Kier alpha value is -5.63. The predicted molar refractivity (Wildman–Crippen MR) is 180 cm³/mol. The molecule has 11 nitrogen and oxygen atoms in total. The maximum Gasteiger partial charge on any atom is 0.195 e. The highest BCUT2D eigenvalue weighted by atomic mass is 32.2. The first-order chi connectivity index (χ1) is 22.9. The molecule has 0 atom stereocenters. The third-order valence-corrected chi connectivity index (χ3v) is 8.59. The minimum atomic E-state index is -3.57. The highest BCUT2D eigenvalue weighted by molar-refractivity contribution is 7.90. The van der Waals surface area contributed by atoms with E-state index in [1.807, 2.05) is 36.7 Å². The molecule has 0 aliphatic rings. The summed E-state index contributed by atoms with van der Waals surface area (Å²) < 4.78 is 54.1. The van der Waals surface area contributed by atoms with Gasteiger partial charge in [-0.3, -0.25) is 0 Å². The molecule has 1 N–H and O–H groups in total. The van der Waals surface area contributed by atoms with Crippen molar-refractivity contribution >= 4 is 38.0 Å². The Labute approximate surface area is 275 Å². The Bertz CT molecular complexity index is 2410. The van der Waals surface area contributed by atoms with Crippen LogP contribution in [0.2, 0.25) is 0 Å². The fourth-order valence-corrected chi connectivity index (χ4v) is 5.90. The quantitative estimate of drug-likeness (QED) is 0.213. The van der Waals surface area contributed by atoms with E-state index in [4.69, 9.17) is 0 Å². The molecule has 0 spiro atoms. The maximum absolute atomic E-state index is 13.5. The van der Waals surface area contributed by atoms with E-state index in [1.165, 1.54) is 36.7 Å². The molecular weight excluding hydrogens is 636 g/mol. The summed E-state index contributed by atoms with van der Waals surface area (Å²) in [5.41, 5.74) is 6.03. The molecule has 7 aromatic rings. The van der Waals surface area contributed by atoms with Crippen LogP contribution in [0.15, 0.2) is 84.4 Å². The van der Waals surface area contributed by atoms with Crippen molar-refractivity contribution in [3.8, 4) is 22.8 Å². The molecule has 0 radical (unpaired) electrons. The van der Waals surface area contributed by atoms with Gasteiger partial charge in [-0.2, -0.15) is 0 Å². The molecule has 14 heteroatoms. The molecule has 0 aliphatic heterocycles. The number of anilines is 1. The average Bonchev–Trinajstić information content (AvgIpc) is 3.61. The van der Waals surface area contributed by atoms with Crippen LogP contribution in [0.3, 0.4) is 0 Å². The smallest absolute Gasteiger partial charge is 0.195 e. The lowest BCUT2D eigenvalue weighted by Gasteiger charge is -2.10. The summed E-state index contributed by atoms with van der Waals surface area (Å²) in [4.78, 5) is 26.3. The van der Waals surface area contributed by atoms with Gasteiger partial charge in [0.2, 0.25) is 0 Å². The van der Waals surface area contributed by atoms with Crippen molar-refractivity contribution in [2.24, 2.45) is 14.1 Å². The third kappa shape index (κ3) is 6.60. The largest absolute Gasteiger partial charge is 0.364 e. The summed E-state index contributed by atoms with van der Waals surface area (Å²) in [5, 5.41) is 3.23. The second kappa shape index (κ2) is 12.9. The van der Waals surface area contributed by atoms with Gasteiger partial charge in [0.25, 0.3) is 0 Å². The van der Waals surface area contributed by atoms with Crippen LogP contribution in [0.25, 0.3) is 45.1 Å². The number of imidazole rings is 2. The number of nitrogens with zero attached hydrogens (tertiary/aromatic N) is 8. The number of hydrogen-bond acceptors (Lipinski definition) is 9. The van der Waals surface area contributed by atoms with Crippen molar-refractivity contribution in [2.75, 3.05) is 11.6 Å². The topological polar surface area (TPSA) is 133 Å². The molecule has 0 aliphatic carbocycles. The molecule has 0 fully saturated rings. The zero-order valence-corrected chi connectivity index (χ0v) is 27.6. The maximum atomic E-state index is 13.5. The summed E-state index contributed by atoms with van der Waals surface area (Å²) in [5.74, 6) is 0.808. The Kier molecular flexibility index (Phi) is 8.67. The second-order valence-electron chi connectivity index (χ2n) is 11.3. The Balaban J connectivity index is 0.000000170. The van der Waals surface area contributed by atoms with Crippen molar-refractivity contribution < 1.29 is 17.2 Å². The number of sulfone groups is 1. The van der Waals surface area contributed by atoms with Gasteiger partial charge < -0.3 is 14.5 Å². The summed E-state index contributed by atoms with van der Waals surface area (Å²) in [7, 11) is 0.0428. The van der Waals surface area contributed by atoms with Gasteiger partial charge >= 0.3 is 0 Å². The molecule has 0 saturated heterocycles. The number of nitrogens with one attached hydrogen (secondary N) is 1. The van der Waals surface area contributed by atoms with Crippen LogP contribution in [-0.4, -0.2) is 53.7 Å². The van der Waals surface area contributed by atoms with Gasteiger partial charge in [0.1, 0.15) is 22.7 Å². The monoisotopic (exact) mass is 667 g/mol. The van der Waals surface area contributed by atoms with Crippen LogP contribution in [-0.2, 0) is 30.5 Å². The zero-order valence-electron chi connectivity index (χ0n) is 26.8. The van der Waals surface area contributed by atoms with Gasteiger partial charge in [0, 0.05) is 38.0 Å². The van der Waals surface area contributed by atoms with E-state index in [-0.39, 0.29) is 28.0 Å². The Morgan fingerprint density at radius 1 is 0.708 bits per heavy atom. The molecule has 7 rings (SSSR count). The molecule has 244 valence electrons. The molecule has 0 amide bonds. The molecule has 3 aromatic carbocycles. The van der Waals surface area contributed by atoms with Crippen LogP contribution < -0.4 is 5.32 Å². The summed E-state index contributed by atoms with van der Waals surface area (Å²) in [6.07, 6.45) is 4.27. The second-order valence-corrected chi connectivity index (χ2v) is 13.3. The first-order valence-corrected chi connectivity index (χ1v) is 16.7. The van der Waals surface area contributed by atoms with E-state index in [1.54, 1.807) is 30.9 Å². The van der Waals surface area contributed by atoms with Crippen molar-refractivity contribution in [3.05, 3.63) is 108 Å². The standard InChI is InChI=1S/C20H18FN5.C14H13FN4O2S/c1-13-10-15(21)8-9-16(13)18-24-19(17-20(25-18)26(2)12-23-17)22-11-14-6-4-3-5-7-14;1-8-6-9(15)4-5-10(8)12-17-13-11(16-7-19(13)2)14(18-12)22(3,20)21/h3-10,12H,11H2,1-2H3,(H,22,24,25);4-7H,1-3H3. The van der Waals surface area contributed by atoms with Crippen molar-refractivity contribution in [1.29, 1.82) is 0 Å². The SMILES string of the molecule is Cc1cc(F)ccc1-c1nc(NCc2ccccc2)c2ncn(C)c2n1.Cc1cc(F)ccc1-c1nc(S(C)(=O)=O)c2ncn(C)c2n1. The van der Waals surface area contributed by atoms with Crippen LogP contribution in [0, 0.1) is 25.5 Å². The molecular formula is C34H31F2N9O2S. The van der Waals surface area contributed by atoms with Crippen LogP contribution in [0.5, 0.6) is 0 Å². The number of rotatable bonds is 6. The number of aryl methyl sites for hydroxylation is 4. The molecule has 4 heterocycles. The van der Waals surface area contributed by atoms with E-state index >= 15 is 0 Å². The number of halogens is 2. The fraction of sp³-hybridized carbons (Fsp3) is 0.176. The summed E-state index contributed by atoms with van der Waals surface area (Å²) >= 11 is 0. The average molecular weight is 668 g/mol. The van der Waals surface area contributed by atoms with Crippen LogP contribution in [0.4, 0.5) is 14.6 Å². The number of aromatic nitrogens is 8. The van der Waals surface area contributed by atoms with Gasteiger partial charge in [-0.25, -0.2) is 47.1 Å². The van der Waals surface area contributed by atoms with Crippen molar-refractivity contribution in [3.63, 3.8) is 0 Å². The first kappa shape index (κ1) is 32.3. The van der Waals surface area contributed by atoms with Crippen molar-refractivity contribution in [2.45, 2.75) is 25.4 Å².